The molecule has 0 spiro atoms. The van der Waals surface area contributed by atoms with Gasteiger partial charge in [0.1, 0.15) is 5.00 Å². The molecule has 0 saturated carbocycles. The fourth-order valence-corrected chi connectivity index (χ4v) is 3.51. The van der Waals surface area contributed by atoms with Gasteiger partial charge in [-0.15, -0.1) is 11.3 Å². The standard InChI is InChI=1S/C17H19N3O3S2/c1-9-10(2)25-15(14(9)16(22)23-4)20-17(24)19-13-7-5-12(6-8-13)18-11(3)21/h5-8H,1-4H3,(H,18,21)(H2,19,20,24). The first-order valence-corrected chi connectivity index (χ1v) is 8.68. The van der Waals surface area contributed by atoms with Gasteiger partial charge in [0, 0.05) is 23.2 Å². The minimum atomic E-state index is -0.396. The van der Waals surface area contributed by atoms with Gasteiger partial charge < -0.3 is 20.7 Å². The van der Waals surface area contributed by atoms with Crippen molar-refractivity contribution >= 4 is 56.9 Å². The molecule has 0 atom stereocenters. The van der Waals surface area contributed by atoms with Crippen LogP contribution in [0.15, 0.2) is 24.3 Å². The molecule has 8 heteroatoms. The summed E-state index contributed by atoms with van der Waals surface area (Å²) in [7, 11) is 1.35. The average molecular weight is 377 g/mol. The highest BCUT2D eigenvalue weighted by molar-refractivity contribution is 7.80. The van der Waals surface area contributed by atoms with Gasteiger partial charge >= 0.3 is 5.97 Å². The molecular weight excluding hydrogens is 358 g/mol. The van der Waals surface area contributed by atoms with Gasteiger partial charge in [-0.05, 0) is 55.9 Å². The lowest BCUT2D eigenvalue weighted by molar-refractivity contribution is -0.114. The van der Waals surface area contributed by atoms with Crippen LogP contribution in [0.4, 0.5) is 16.4 Å². The molecule has 1 heterocycles. The van der Waals surface area contributed by atoms with E-state index in [1.807, 2.05) is 13.8 Å². The number of nitrogens with one attached hydrogen (secondary N) is 3. The Morgan fingerprint density at radius 3 is 2.12 bits per heavy atom. The Morgan fingerprint density at radius 2 is 1.60 bits per heavy atom. The molecule has 1 aromatic heterocycles. The van der Waals surface area contributed by atoms with Crippen molar-refractivity contribution in [2.75, 3.05) is 23.1 Å². The fraction of sp³-hybridized carbons (Fsp3) is 0.235. The quantitative estimate of drug-likeness (QED) is 0.554. The number of carbonyl (C=O) groups excluding carboxylic acids is 2. The Balaban J connectivity index is 2.09. The van der Waals surface area contributed by atoms with Crippen LogP contribution in [-0.4, -0.2) is 24.1 Å². The van der Waals surface area contributed by atoms with Crippen LogP contribution < -0.4 is 16.0 Å². The zero-order valence-corrected chi connectivity index (χ0v) is 16.0. The molecule has 0 radical (unpaired) electrons. The highest BCUT2D eigenvalue weighted by Crippen LogP contribution is 2.33. The van der Waals surface area contributed by atoms with Crippen LogP contribution in [0.1, 0.15) is 27.7 Å². The molecule has 0 unspecified atom stereocenters. The molecule has 0 aliphatic carbocycles. The van der Waals surface area contributed by atoms with Gasteiger partial charge in [0.05, 0.1) is 12.7 Å². The summed E-state index contributed by atoms with van der Waals surface area (Å²) in [5.41, 5.74) is 2.84. The highest BCUT2D eigenvalue weighted by Gasteiger charge is 2.20. The van der Waals surface area contributed by atoms with Crippen molar-refractivity contribution in [2.45, 2.75) is 20.8 Å². The van der Waals surface area contributed by atoms with Crippen molar-refractivity contribution in [1.29, 1.82) is 0 Å². The van der Waals surface area contributed by atoms with Gasteiger partial charge in [-0.2, -0.15) is 0 Å². The molecule has 1 aromatic carbocycles. The number of carbonyl (C=O) groups is 2. The van der Waals surface area contributed by atoms with Crippen LogP contribution in [0.2, 0.25) is 0 Å². The molecule has 25 heavy (non-hydrogen) atoms. The Labute approximate surface area is 155 Å². The van der Waals surface area contributed by atoms with E-state index in [-0.39, 0.29) is 5.91 Å². The topological polar surface area (TPSA) is 79.5 Å². The van der Waals surface area contributed by atoms with Crippen LogP contribution in [0.3, 0.4) is 0 Å². The van der Waals surface area contributed by atoms with Crippen LogP contribution in [0, 0.1) is 13.8 Å². The minimum Gasteiger partial charge on any atom is -0.465 e. The molecule has 0 bridgehead atoms. The van der Waals surface area contributed by atoms with Crippen LogP contribution in [0.5, 0.6) is 0 Å². The lowest BCUT2D eigenvalue weighted by atomic mass is 10.1. The normalized spacial score (nSPS) is 10.1. The second-order valence-corrected chi connectivity index (χ2v) is 6.95. The number of thiophene rings is 1. The van der Waals surface area contributed by atoms with Gasteiger partial charge in [-0.3, -0.25) is 4.79 Å². The zero-order chi connectivity index (χ0) is 18.6. The van der Waals surface area contributed by atoms with Crippen molar-refractivity contribution in [3.63, 3.8) is 0 Å². The number of rotatable bonds is 4. The number of esters is 1. The summed E-state index contributed by atoms with van der Waals surface area (Å²) in [6, 6.07) is 7.13. The largest absolute Gasteiger partial charge is 0.465 e. The van der Waals surface area contributed by atoms with E-state index in [1.54, 1.807) is 24.3 Å². The fourth-order valence-electron chi connectivity index (χ4n) is 2.17. The summed E-state index contributed by atoms with van der Waals surface area (Å²) < 4.78 is 4.85. The maximum atomic E-state index is 12.0. The second kappa shape index (κ2) is 8.09. The molecule has 3 N–H and O–H groups in total. The second-order valence-electron chi connectivity index (χ2n) is 5.32. The number of thiocarbonyl (C=S) groups is 1. The monoisotopic (exact) mass is 377 g/mol. The Bertz CT molecular complexity index is 813. The lowest BCUT2D eigenvalue weighted by Crippen LogP contribution is -2.20. The number of methoxy groups -OCH3 is 1. The zero-order valence-electron chi connectivity index (χ0n) is 14.4. The van der Waals surface area contributed by atoms with Gasteiger partial charge in [0.15, 0.2) is 5.11 Å². The molecule has 0 aliphatic heterocycles. The predicted molar refractivity (Wildman–Crippen MR) is 106 cm³/mol. The maximum absolute atomic E-state index is 12.0. The van der Waals surface area contributed by atoms with E-state index in [2.05, 4.69) is 16.0 Å². The van der Waals surface area contributed by atoms with Gasteiger partial charge in [0.2, 0.25) is 5.91 Å². The molecule has 2 rings (SSSR count). The number of amides is 1. The summed E-state index contributed by atoms with van der Waals surface area (Å²) in [4.78, 5) is 24.0. The maximum Gasteiger partial charge on any atom is 0.341 e. The molecule has 1 amide bonds. The van der Waals surface area contributed by atoms with E-state index >= 15 is 0 Å². The Morgan fingerprint density at radius 1 is 1.04 bits per heavy atom. The minimum absolute atomic E-state index is 0.128. The SMILES string of the molecule is COC(=O)c1c(NC(=S)Nc2ccc(NC(C)=O)cc2)sc(C)c1C. The van der Waals surface area contributed by atoms with Crippen molar-refractivity contribution < 1.29 is 14.3 Å². The predicted octanol–water partition coefficient (Wildman–Crippen LogP) is 3.92. The third-order valence-electron chi connectivity index (χ3n) is 3.47. The molecule has 0 aliphatic rings. The molecular formula is C17H19N3O3S2. The Hall–Kier alpha value is -2.45. The first-order chi connectivity index (χ1) is 11.8. The summed E-state index contributed by atoms with van der Waals surface area (Å²) in [5, 5.41) is 9.80. The number of aryl methyl sites for hydroxylation is 1. The summed E-state index contributed by atoms with van der Waals surface area (Å²) in [5.74, 6) is -0.525. The van der Waals surface area contributed by atoms with Crippen LogP contribution >= 0.6 is 23.6 Å². The smallest absolute Gasteiger partial charge is 0.341 e. The van der Waals surface area contributed by atoms with Gasteiger partial charge in [-0.25, -0.2) is 4.79 Å². The number of anilines is 3. The first kappa shape index (κ1) is 18.9. The molecule has 132 valence electrons. The van der Waals surface area contributed by atoms with Crippen molar-refractivity contribution in [2.24, 2.45) is 0 Å². The van der Waals surface area contributed by atoms with Crippen molar-refractivity contribution in [3.05, 3.63) is 40.3 Å². The summed E-state index contributed by atoms with van der Waals surface area (Å²) >= 11 is 6.76. The van der Waals surface area contributed by atoms with Crippen LogP contribution in [0.25, 0.3) is 0 Å². The number of benzene rings is 1. The highest BCUT2D eigenvalue weighted by atomic mass is 32.1. The summed E-state index contributed by atoms with van der Waals surface area (Å²) in [6.45, 7) is 5.27. The summed E-state index contributed by atoms with van der Waals surface area (Å²) in [6.07, 6.45) is 0. The molecule has 0 saturated heterocycles. The number of hydrogen-bond donors (Lipinski definition) is 3. The number of hydrogen-bond acceptors (Lipinski definition) is 5. The van der Waals surface area contributed by atoms with Crippen molar-refractivity contribution in [3.8, 4) is 0 Å². The van der Waals surface area contributed by atoms with E-state index < -0.39 is 5.97 Å². The van der Waals surface area contributed by atoms with Gasteiger partial charge in [-0.1, -0.05) is 0 Å². The van der Waals surface area contributed by atoms with E-state index in [0.717, 1.165) is 16.1 Å². The molecule has 6 nitrogen and oxygen atoms in total. The molecule has 2 aromatic rings. The third kappa shape index (κ3) is 4.77. The van der Waals surface area contributed by atoms with E-state index in [9.17, 15) is 9.59 Å². The van der Waals surface area contributed by atoms with E-state index in [4.69, 9.17) is 17.0 Å². The van der Waals surface area contributed by atoms with E-state index in [0.29, 0.717) is 21.4 Å². The van der Waals surface area contributed by atoms with E-state index in [1.165, 1.54) is 25.4 Å². The Kier molecular flexibility index (Phi) is 6.11. The van der Waals surface area contributed by atoms with Crippen molar-refractivity contribution in [1.82, 2.24) is 0 Å². The van der Waals surface area contributed by atoms with Gasteiger partial charge in [0.25, 0.3) is 0 Å². The molecule has 0 fully saturated rings. The average Bonchev–Trinajstić information content (AvgIpc) is 2.82. The lowest BCUT2D eigenvalue weighted by Gasteiger charge is -2.11. The first-order valence-electron chi connectivity index (χ1n) is 7.45. The number of ether oxygens (including phenoxy) is 1. The third-order valence-corrected chi connectivity index (χ3v) is 4.79. The van der Waals surface area contributed by atoms with Crippen LogP contribution in [-0.2, 0) is 9.53 Å².